The molecule has 0 saturated carbocycles. The first kappa shape index (κ1) is 6.81. The Morgan fingerprint density at radius 3 is 2.60 bits per heavy atom. The molecule has 10 heavy (non-hydrogen) atoms. The third-order valence-electron chi connectivity index (χ3n) is 1.11. The highest BCUT2D eigenvalue weighted by Crippen LogP contribution is 1.93. The van der Waals surface area contributed by atoms with E-state index >= 15 is 0 Å². The van der Waals surface area contributed by atoms with Crippen molar-refractivity contribution < 1.29 is 4.84 Å². The zero-order valence-electron chi connectivity index (χ0n) is 5.82. The Morgan fingerprint density at radius 1 is 1.30 bits per heavy atom. The molecule has 0 aliphatic rings. The monoisotopic (exact) mass is 135 g/mol. The van der Waals surface area contributed by atoms with Gasteiger partial charge in [0, 0.05) is 0 Å². The van der Waals surface area contributed by atoms with Gasteiger partial charge in [0.25, 0.3) is 0 Å². The van der Waals surface area contributed by atoms with E-state index < -0.39 is 0 Å². The van der Waals surface area contributed by atoms with Crippen LogP contribution in [0.3, 0.4) is 0 Å². The van der Waals surface area contributed by atoms with E-state index in [0.29, 0.717) is 0 Å². The summed E-state index contributed by atoms with van der Waals surface area (Å²) in [6.07, 6.45) is 1.67. The first-order valence-corrected chi connectivity index (χ1v) is 3.05. The minimum absolute atomic E-state index is 1.05. The zero-order valence-corrected chi connectivity index (χ0v) is 5.82. The van der Waals surface area contributed by atoms with Crippen molar-refractivity contribution in [2.24, 2.45) is 5.16 Å². The van der Waals surface area contributed by atoms with E-state index in [9.17, 15) is 0 Å². The Bertz CT molecular complexity index is 206. The Hall–Kier alpha value is -1.31. The molecule has 0 atom stereocenters. The van der Waals surface area contributed by atoms with Crippen LogP contribution in [0.1, 0.15) is 5.56 Å². The summed E-state index contributed by atoms with van der Waals surface area (Å²) >= 11 is 0. The molecule has 0 spiro atoms. The van der Waals surface area contributed by atoms with Gasteiger partial charge in [-0.15, -0.1) is 0 Å². The molecule has 0 aromatic heterocycles. The fraction of sp³-hybridized carbons (Fsp3) is 0.125. The molecule has 0 amide bonds. The number of nitrogens with zero attached hydrogens (tertiary/aromatic N) is 1. The molecule has 1 aromatic carbocycles. The van der Waals surface area contributed by atoms with E-state index in [2.05, 4.69) is 9.99 Å². The van der Waals surface area contributed by atoms with Gasteiger partial charge in [-0.1, -0.05) is 35.5 Å². The molecule has 0 saturated heterocycles. The van der Waals surface area contributed by atoms with Gasteiger partial charge in [-0.25, -0.2) is 0 Å². The lowest BCUT2D eigenvalue weighted by atomic mass is 10.2. The molecule has 1 rings (SSSR count). The second-order valence-electron chi connectivity index (χ2n) is 1.83. The Morgan fingerprint density at radius 2 is 2.00 bits per heavy atom. The lowest BCUT2D eigenvalue weighted by molar-refractivity contribution is 0.215. The van der Waals surface area contributed by atoms with E-state index in [1.807, 2.05) is 30.3 Å². The number of hydrogen-bond donors (Lipinski definition) is 0. The summed E-state index contributed by atoms with van der Waals surface area (Å²) in [6.45, 7) is 0. The molecule has 1 aromatic rings. The molecule has 0 fully saturated rings. The number of oxime groups is 1. The van der Waals surface area contributed by atoms with E-state index in [0.717, 1.165) is 5.56 Å². The first-order chi connectivity index (χ1) is 4.93. The van der Waals surface area contributed by atoms with Gasteiger partial charge in [0.1, 0.15) is 7.11 Å². The average Bonchev–Trinajstić information content (AvgIpc) is 2.03. The van der Waals surface area contributed by atoms with Crippen molar-refractivity contribution >= 4 is 6.21 Å². The molecule has 52 valence electrons. The molecule has 2 nitrogen and oxygen atoms in total. The van der Waals surface area contributed by atoms with Gasteiger partial charge in [-0.2, -0.15) is 0 Å². The molecule has 0 bridgehead atoms. The quantitative estimate of drug-likeness (QED) is 0.446. The molecular formula is C8H9NO. The highest BCUT2D eigenvalue weighted by molar-refractivity contribution is 5.78. The van der Waals surface area contributed by atoms with E-state index in [4.69, 9.17) is 0 Å². The van der Waals surface area contributed by atoms with Crippen LogP contribution in [0.25, 0.3) is 0 Å². The standard InChI is InChI=1S/C8H9NO/c1-10-9-7-8-5-3-2-4-6-8/h2-7H,1H3. The maximum atomic E-state index is 4.52. The van der Waals surface area contributed by atoms with Crippen LogP contribution in [0.5, 0.6) is 0 Å². The summed E-state index contributed by atoms with van der Waals surface area (Å²) < 4.78 is 0. The number of hydrogen-bond acceptors (Lipinski definition) is 2. The Balaban J connectivity index is 2.67. The van der Waals surface area contributed by atoms with E-state index in [1.165, 1.54) is 7.11 Å². The van der Waals surface area contributed by atoms with Crippen LogP contribution in [0.4, 0.5) is 0 Å². The lowest BCUT2D eigenvalue weighted by Crippen LogP contribution is -1.78. The third-order valence-corrected chi connectivity index (χ3v) is 1.11. The average molecular weight is 135 g/mol. The molecule has 2 heteroatoms. The largest absolute Gasteiger partial charge is 0.399 e. The summed E-state index contributed by atoms with van der Waals surface area (Å²) in [6, 6.07) is 9.79. The SMILES string of the molecule is CON=Cc1ccccc1. The molecule has 0 unspecified atom stereocenters. The molecule has 0 aliphatic carbocycles. The third kappa shape index (κ3) is 1.90. The summed E-state index contributed by atoms with van der Waals surface area (Å²) in [4.78, 5) is 4.52. The second-order valence-corrected chi connectivity index (χ2v) is 1.83. The number of rotatable bonds is 2. The smallest absolute Gasteiger partial charge is 0.106 e. The maximum Gasteiger partial charge on any atom is 0.106 e. The van der Waals surface area contributed by atoms with Gasteiger partial charge in [0.05, 0.1) is 6.21 Å². The lowest BCUT2D eigenvalue weighted by Gasteiger charge is -1.88. The predicted molar refractivity (Wildman–Crippen MR) is 41.0 cm³/mol. The summed E-state index contributed by atoms with van der Waals surface area (Å²) in [5, 5.41) is 3.62. The van der Waals surface area contributed by atoms with Crippen LogP contribution in [0.2, 0.25) is 0 Å². The van der Waals surface area contributed by atoms with Crippen molar-refractivity contribution in [3.05, 3.63) is 35.9 Å². The minimum atomic E-state index is 1.05. The van der Waals surface area contributed by atoms with Crippen LogP contribution in [0, 0.1) is 0 Å². The zero-order chi connectivity index (χ0) is 7.23. The summed E-state index contributed by atoms with van der Waals surface area (Å²) in [7, 11) is 1.53. The van der Waals surface area contributed by atoms with Crippen molar-refractivity contribution in [1.29, 1.82) is 0 Å². The first-order valence-electron chi connectivity index (χ1n) is 3.05. The molecular weight excluding hydrogens is 126 g/mol. The Labute approximate surface area is 60.1 Å². The van der Waals surface area contributed by atoms with Gasteiger partial charge in [-0.05, 0) is 5.56 Å². The van der Waals surface area contributed by atoms with Crippen LogP contribution in [0.15, 0.2) is 35.5 Å². The maximum absolute atomic E-state index is 4.52. The van der Waals surface area contributed by atoms with Gasteiger partial charge in [0.2, 0.25) is 0 Å². The second kappa shape index (κ2) is 3.67. The Kier molecular flexibility index (Phi) is 2.49. The van der Waals surface area contributed by atoms with Crippen LogP contribution in [-0.4, -0.2) is 13.3 Å². The van der Waals surface area contributed by atoms with Crippen molar-refractivity contribution in [3.8, 4) is 0 Å². The highest BCUT2D eigenvalue weighted by Gasteiger charge is 1.80. The summed E-state index contributed by atoms with van der Waals surface area (Å²) in [5.41, 5.74) is 1.05. The van der Waals surface area contributed by atoms with Crippen LogP contribution >= 0.6 is 0 Å². The minimum Gasteiger partial charge on any atom is -0.399 e. The van der Waals surface area contributed by atoms with Crippen molar-refractivity contribution in [1.82, 2.24) is 0 Å². The normalized spacial score (nSPS) is 10.1. The van der Waals surface area contributed by atoms with Gasteiger partial charge >= 0.3 is 0 Å². The molecule has 0 N–H and O–H groups in total. The van der Waals surface area contributed by atoms with Crippen molar-refractivity contribution in [3.63, 3.8) is 0 Å². The van der Waals surface area contributed by atoms with E-state index in [1.54, 1.807) is 6.21 Å². The van der Waals surface area contributed by atoms with Crippen LogP contribution < -0.4 is 0 Å². The number of benzene rings is 1. The van der Waals surface area contributed by atoms with Gasteiger partial charge in [-0.3, -0.25) is 0 Å². The van der Waals surface area contributed by atoms with Gasteiger partial charge < -0.3 is 4.84 Å². The van der Waals surface area contributed by atoms with Crippen molar-refractivity contribution in [2.75, 3.05) is 7.11 Å². The molecule has 0 heterocycles. The van der Waals surface area contributed by atoms with Crippen molar-refractivity contribution in [2.45, 2.75) is 0 Å². The highest BCUT2D eigenvalue weighted by atomic mass is 16.6. The fourth-order valence-corrected chi connectivity index (χ4v) is 0.653. The fourth-order valence-electron chi connectivity index (χ4n) is 0.653. The molecule has 0 radical (unpaired) electrons. The van der Waals surface area contributed by atoms with E-state index in [-0.39, 0.29) is 0 Å². The van der Waals surface area contributed by atoms with Gasteiger partial charge in [0.15, 0.2) is 0 Å². The molecule has 0 aliphatic heterocycles. The van der Waals surface area contributed by atoms with Crippen LogP contribution in [-0.2, 0) is 4.84 Å². The summed E-state index contributed by atoms with van der Waals surface area (Å²) in [5.74, 6) is 0. The predicted octanol–water partition coefficient (Wildman–Crippen LogP) is 1.67. The topological polar surface area (TPSA) is 21.6 Å².